The monoisotopic (exact) mass is 310 g/mol. The van der Waals surface area contributed by atoms with E-state index in [1.54, 1.807) is 24.3 Å². The van der Waals surface area contributed by atoms with Gasteiger partial charge in [-0.05, 0) is 69.8 Å². The lowest BCUT2D eigenvalue weighted by molar-refractivity contribution is 0.599. The van der Waals surface area contributed by atoms with Crippen LogP contribution in [0.4, 0.5) is 8.78 Å². The number of benzene rings is 2. The molecule has 0 unspecified atom stereocenters. The highest BCUT2D eigenvalue weighted by Crippen LogP contribution is 2.40. The molecule has 0 nitrogen and oxygen atoms in total. The highest BCUT2D eigenvalue weighted by atomic mass is 33.1. The van der Waals surface area contributed by atoms with Crippen molar-refractivity contribution in [1.82, 2.24) is 0 Å². The Balaban J connectivity index is 2.09. The third-order valence-electron chi connectivity index (χ3n) is 3.03. The van der Waals surface area contributed by atoms with Gasteiger partial charge in [-0.3, -0.25) is 0 Å². The van der Waals surface area contributed by atoms with Gasteiger partial charge in [0.15, 0.2) is 0 Å². The first-order valence-electron chi connectivity index (χ1n) is 6.55. The van der Waals surface area contributed by atoms with Crippen LogP contribution in [-0.4, -0.2) is 0 Å². The van der Waals surface area contributed by atoms with Crippen molar-refractivity contribution in [3.63, 3.8) is 0 Å². The highest BCUT2D eigenvalue weighted by Gasteiger charge is 2.08. The average Bonchev–Trinajstić information content (AvgIpc) is 2.46. The third kappa shape index (κ3) is 3.76. The molecule has 4 heteroatoms. The van der Waals surface area contributed by atoms with E-state index in [1.807, 2.05) is 26.0 Å². The van der Waals surface area contributed by atoms with E-state index < -0.39 is 0 Å². The van der Waals surface area contributed by atoms with Crippen molar-refractivity contribution >= 4 is 21.6 Å². The lowest BCUT2D eigenvalue weighted by Gasteiger charge is -2.06. The van der Waals surface area contributed by atoms with Crippen LogP contribution < -0.4 is 0 Å². The van der Waals surface area contributed by atoms with E-state index in [2.05, 4.69) is 0 Å². The van der Waals surface area contributed by atoms with Gasteiger partial charge in [0.1, 0.15) is 11.6 Å². The number of rotatable bonds is 5. The van der Waals surface area contributed by atoms with Crippen LogP contribution in [0.15, 0.2) is 46.2 Å². The summed E-state index contributed by atoms with van der Waals surface area (Å²) in [6.07, 6.45) is 1.62. The number of aryl methyl sites for hydroxylation is 2. The van der Waals surface area contributed by atoms with Crippen molar-refractivity contribution in [3.05, 3.63) is 59.2 Å². The van der Waals surface area contributed by atoms with Crippen molar-refractivity contribution < 1.29 is 8.78 Å². The first-order valence-corrected chi connectivity index (χ1v) is 8.70. The molecule has 0 aliphatic rings. The normalized spacial score (nSPS) is 10.8. The van der Waals surface area contributed by atoms with E-state index in [4.69, 9.17) is 0 Å². The van der Waals surface area contributed by atoms with Crippen LogP contribution in [0.3, 0.4) is 0 Å². The zero-order chi connectivity index (χ0) is 14.5. The maximum Gasteiger partial charge on any atom is 0.137 e. The summed E-state index contributed by atoms with van der Waals surface area (Å²) in [4.78, 5) is 1.07. The first-order chi connectivity index (χ1) is 9.63. The minimum atomic E-state index is -0.243. The molecular weight excluding hydrogens is 294 g/mol. The van der Waals surface area contributed by atoms with Gasteiger partial charge >= 0.3 is 0 Å². The molecule has 0 atom stereocenters. The minimum Gasteiger partial charge on any atom is -0.206 e. The predicted octanol–water partition coefficient (Wildman–Crippen LogP) is 5.89. The largest absolute Gasteiger partial charge is 0.206 e. The molecule has 0 aliphatic carbocycles. The SMILES string of the molecule is CCc1ccc(SSc2ccc(CC)cc2F)c(F)c1. The second kappa shape index (κ2) is 7.14. The van der Waals surface area contributed by atoms with Crippen LogP contribution in [0.5, 0.6) is 0 Å². The second-order valence-corrected chi connectivity index (χ2v) is 6.62. The van der Waals surface area contributed by atoms with E-state index in [0.717, 1.165) is 24.0 Å². The predicted molar refractivity (Wildman–Crippen MR) is 83.3 cm³/mol. The molecule has 0 saturated heterocycles. The van der Waals surface area contributed by atoms with E-state index >= 15 is 0 Å². The summed E-state index contributed by atoms with van der Waals surface area (Å²) >= 11 is 0. The Labute approximate surface area is 126 Å². The lowest BCUT2D eigenvalue weighted by atomic mass is 10.2. The molecule has 0 saturated carbocycles. The maximum atomic E-state index is 13.8. The van der Waals surface area contributed by atoms with Crippen molar-refractivity contribution in [1.29, 1.82) is 0 Å². The summed E-state index contributed by atoms with van der Waals surface area (Å²) in [5.74, 6) is -0.486. The summed E-state index contributed by atoms with van der Waals surface area (Å²) in [5.41, 5.74) is 1.94. The zero-order valence-electron chi connectivity index (χ0n) is 11.5. The molecule has 0 aromatic heterocycles. The van der Waals surface area contributed by atoms with E-state index in [0.29, 0.717) is 9.79 Å². The van der Waals surface area contributed by atoms with Crippen LogP contribution in [0.2, 0.25) is 0 Å². The lowest BCUT2D eigenvalue weighted by Crippen LogP contribution is -1.86. The molecule has 2 aromatic carbocycles. The number of hydrogen-bond acceptors (Lipinski definition) is 2. The van der Waals surface area contributed by atoms with Gasteiger partial charge in [0.25, 0.3) is 0 Å². The van der Waals surface area contributed by atoms with Crippen molar-refractivity contribution in [3.8, 4) is 0 Å². The summed E-state index contributed by atoms with van der Waals surface area (Å²) < 4.78 is 27.7. The van der Waals surface area contributed by atoms with Gasteiger partial charge in [-0.15, -0.1) is 0 Å². The molecular formula is C16H16F2S2. The van der Waals surface area contributed by atoms with Crippen LogP contribution in [-0.2, 0) is 12.8 Å². The van der Waals surface area contributed by atoms with E-state index in [-0.39, 0.29) is 11.6 Å². The second-order valence-electron chi connectivity index (χ2n) is 4.40. The van der Waals surface area contributed by atoms with Gasteiger partial charge < -0.3 is 0 Å². The molecule has 0 aliphatic heterocycles. The van der Waals surface area contributed by atoms with Crippen LogP contribution >= 0.6 is 21.6 Å². The van der Waals surface area contributed by atoms with Crippen LogP contribution in [0, 0.1) is 11.6 Å². The Hall–Kier alpha value is -1.00. The molecule has 0 radical (unpaired) electrons. The van der Waals surface area contributed by atoms with Crippen molar-refractivity contribution in [2.75, 3.05) is 0 Å². The third-order valence-corrected chi connectivity index (χ3v) is 5.46. The Morgan fingerprint density at radius 1 is 0.750 bits per heavy atom. The molecule has 2 aromatic rings. The Kier molecular flexibility index (Phi) is 5.49. The number of hydrogen-bond donors (Lipinski definition) is 0. The summed E-state index contributed by atoms with van der Waals surface area (Å²) in [6.45, 7) is 3.97. The fraction of sp³-hybridized carbons (Fsp3) is 0.250. The van der Waals surface area contributed by atoms with Crippen molar-refractivity contribution in [2.24, 2.45) is 0 Å². The van der Waals surface area contributed by atoms with Crippen molar-refractivity contribution in [2.45, 2.75) is 36.5 Å². The molecule has 0 heterocycles. The molecule has 2 rings (SSSR count). The molecule has 0 N–H and O–H groups in total. The Morgan fingerprint density at radius 3 is 1.45 bits per heavy atom. The maximum absolute atomic E-state index is 13.8. The van der Waals surface area contributed by atoms with E-state index in [9.17, 15) is 8.78 Å². The van der Waals surface area contributed by atoms with Gasteiger partial charge in [0.2, 0.25) is 0 Å². The Morgan fingerprint density at radius 2 is 1.15 bits per heavy atom. The molecule has 106 valence electrons. The number of halogens is 2. The Bertz CT molecular complexity index is 544. The smallest absolute Gasteiger partial charge is 0.137 e. The van der Waals surface area contributed by atoms with Gasteiger partial charge in [-0.1, -0.05) is 26.0 Å². The van der Waals surface area contributed by atoms with Gasteiger partial charge in [0.05, 0.1) is 9.79 Å². The van der Waals surface area contributed by atoms with Gasteiger partial charge in [0, 0.05) is 0 Å². The molecule has 0 spiro atoms. The zero-order valence-corrected chi connectivity index (χ0v) is 13.1. The fourth-order valence-corrected chi connectivity index (χ4v) is 3.81. The summed E-state index contributed by atoms with van der Waals surface area (Å²) in [5, 5.41) is 0. The molecule has 0 fully saturated rings. The van der Waals surface area contributed by atoms with Gasteiger partial charge in [-0.25, -0.2) is 8.78 Å². The van der Waals surface area contributed by atoms with Crippen LogP contribution in [0.1, 0.15) is 25.0 Å². The fourth-order valence-electron chi connectivity index (χ4n) is 1.75. The first kappa shape index (κ1) is 15.4. The summed E-state index contributed by atoms with van der Waals surface area (Å²) in [6, 6.07) is 10.4. The van der Waals surface area contributed by atoms with Crippen LogP contribution in [0.25, 0.3) is 0 Å². The minimum absolute atomic E-state index is 0.243. The molecule has 20 heavy (non-hydrogen) atoms. The quantitative estimate of drug-likeness (QED) is 0.632. The summed E-state index contributed by atoms with van der Waals surface area (Å²) in [7, 11) is 2.50. The molecule has 0 amide bonds. The highest BCUT2D eigenvalue weighted by molar-refractivity contribution is 8.76. The topological polar surface area (TPSA) is 0 Å². The van der Waals surface area contributed by atoms with Gasteiger partial charge in [-0.2, -0.15) is 0 Å². The standard InChI is InChI=1S/C16H16F2S2/c1-3-11-5-7-15(13(17)9-11)19-20-16-8-6-12(4-2)10-14(16)18/h5-10H,3-4H2,1-2H3. The van der Waals surface area contributed by atoms with E-state index in [1.165, 1.54) is 21.6 Å². The average molecular weight is 310 g/mol. The molecule has 0 bridgehead atoms.